The lowest BCUT2D eigenvalue weighted by molar-refractivity contribution is -0.306. The summed E-state index contributed by atoms with van der Waals surface area (Å²) in [6.45, 7) is 1.63. The van der Waals surface area contributed by atoms with Gasteiger partial charge in [0.25, 0.3) is 0 Å². The molecule has 1 saturated heterocycles. The summed E-state index contributed by atoms with van der Waals surface area (Å²) in [4.78, 5) is 0. The molecule has 5 rings (SSSR count). The Kier molecular flexibility index (Phi) is 20.4. The summed E-state index contributed by atoms with van der Waals surface area (Å²) in [5, 5.41) is 85.0. The van der Waals surface area contributed by atoms with Gasteiger partial charge in [-0.25, -0.2) is 18.8 Å². The second-order valence-electron chi connectivity index (χ2n) is 17.7. The molecule has 0 spiro atoms. The average molecular weight is 807 g/mol. The first-order chi connectivity index (χ1) is 27.0. The quantitative estimate of drug-likeness (QED) is 0.0389. The van der Waals surface area contributed by atoms with Crippen molar-refractivity contribution in [1.29, 1.82) is 0 Å². The van der Waals surface area contributed by atoms with Crippen LogP contribution in [0.3, 0.4) is 0 Å². The predicted molar refractivity (Wildman–Crippen MR) is 207 cm³/mol. The van der Waals surface area contributed by atoms with Gasteiger partial charge in [0, 0.05) is 12.0 Å². The molecule has 15 heteroatoms. The van der Waals surface area contributed by atoms with Gasteiger partial charge in [-0.15, -0.1) is 0 Å². The Morgan fingerprint density at radius 2 is 1.25 bits per heavy atom. The zero-order chi connectivity index (χ0) is 40.6. The molecule has 0 amide bonds. The first-order valence-corrected chi connectivity index (χ1v) is 22.2. The van der Waals surface area contributed by atoms with Gasteiger partial charge in [0.15, 0.2) is 6.29 Å². The van der Waals surface area contributed by atoms with E-state index in [9.17, 15) is 44.5 Å². The molecule has 6 unspecified atom stereocenters. The summed E-state index contributed by atoms with van der Waals surface area (Å²) in [6, 6.07) is -1.11. The van der Waals surface area contributed by atoms with Crippen molar-refractivity contribution in [1.82, 2.24) is 10.0 Å². The molecule has 0 aromatic heterocycles. The highest BCUT2D eigenvalue weighted by molar-refractivity contribution is 5.17. The first kappa shape index (κ1) is 47.4. The Labute approximate surface area is 333 Å². The highest BCUT2D eigenvalue weighted by Gasteiger charge is 2.70. The molecule has 2 aliphatic heterocycles. The third-order valence-electron chi connectivity index (χ3n) is 13.0. The van der Waals surface area contributed by atoms with Gasteiger partial charge in [0.1, 0.15) is 36.6 Å². The Morgan fingerprint density at radius 1 is 0.714 bits per heavy atom. The lowest BCUT2D eigenvalue weighted by atomic mass is 9.34. The molecule has 7 N–H and O–H groups in total. The second-order valence-corrected chi connectivity index (χ2v) is 17.7. The standard InChI is InChI=1S/C41H76F2N4O9/c1-2-3-4-5-6-7-8-9-10-13-16-19-22-31(49)33(50)30(26-55-37-36(53)35(52)34(51)32(25-48)56-37)47-39(54)46(44-45-47)24-21-18-15-12-11-14-17-20-23-40-27-41(28-40,29-40)38(42)43/h30-39,48-54H,2-29H2,1H3/t30-,31+,32?,33-,34?,35?,36?,37?,39?,40?,41?/m0/s1. The lowest BCUT2D eigenvalue weighted by Gasteiger charge is -2.70. The maximum absolute atomic E-state index is 13.1. The number of alkyl halides is 2. The van der Waals surface area contributed by atoms with Gasteiger partial charge in [0.2, 0.25) is 12.8 Å². The topological polar surface area (TPSA) is 191 Å². The van der Waals surface area contributed by atoms with Gasteiger partial charge in [-0.1, -0.05) is 129 Å². The maximum Gasteiger partial charge on any atom is 0.244 e. The van der Waals surface area contributed by atoms with Crippen molar-refractivity contribution in [2.45, 2.75) is 229 Å². The van der Waals surface area contributed by atoms with Crippen molar-refractivity contribution in [3.63, 3.8) is 0 Å². The summed E-state index contributed by atoms with van der Waals surface area (Å²) in [6.07, 6.45) is 12.4. The van der Waals surface area contributed by atoms with E-state index in [0.29, 0.717) is 19.4 Å². The van der Waals surface area contributed by atoms with Crippen molar-refractivity contribution >= 4 is 0 Å². The molecular formula is C41H76F2N4O9. The van der Waals surface area contributed by atoms with Gasteiger partial charge in [-0.2, -0.15) is 0 Å². The van der Waals surface area contributed by atoms with E-state index in [4.69, 9.17) is 9.47 Å². The molecule has 56 heavy (non-hydrogen) atoms. The van der Waals surface area contributed by atoms with E-state index < -0.39 is 73.8 Å². The Morgan fingerprint density at radius 3 is 1.80 bits per heavy atom. The molecule has 3 saturated carbocycles. The molecule has 3 aliphatic carbocycles. The number of ether oxygens (including phenoxy) is 2. The van der Waals surface area contributed by atoms with Crippen LogP contribution in [-0.4, -0.2) is 127 Å². The normalized spacial score (nSPS) is 31.5. The van der Waals surface area contributed by atoms with Gasteiger partial charge >= 0.3 is 0 Å². The van der Waals surface area contributed by atoms with Crippen LogP contribution in [0.5, 0.6) is 0 Å². The van der Waals surface area contributed by atoms with Crippen molar-refractivity contribution in [2.75, 3.05) is 19.8 Å². The van der Waals surface area contributed by atoms with Crippen LogP contribution in [0, 0.1) is 10.8 Å². The van der Waals surface area contributed by atoms with Crippen LogP contribution < -0.4 is 0 Å². The molecule has 2 bridgehead atoms. The fourth-order valence-corrected chi connectivity index (χ4v) is 9.49. The molecule has 0 aromatic carbocycles. The summed E-state index contributed by atoms with van der Waals surface area (Å²) in [7, 11) is 0. The number of unbranched alkanes of at least 4 members (excludes halogenated alkanes) is 18. The summed E-state index contributed by atoms with van der Waals surface area (Å²) < 4.78 is 37.4. The van der Waals surface area contributed by atoms with Crippen LogP contribution in [-0.2, 0) is 9.47 Å². The lowest BCUT2D eigenvalue weighted by Crippen LogP contribution is -2.64. The highest BCUT2D eigenvalue weighted by Crippen LogP contribution is 2.77. The van der Waals surface area contributed by atoms with Crippen molar-refractivity contribution in [2.24, 2.45) is 21.3 Å². The van der Waals surface area contributed by atoms with Crippen LogP contribution in [0.2, 0.25) is 0 Å². The van der Waals surface area contributed by atoms with Crippen molar-refractivity contribution in [3.05, 3.63) is 0 Å². The van der Waals surface area contributed by atoms with Gasteiger partial charge in [-0.3, -0.25) is 0 Å². The Balaban J connectivity index is 1.15. The molecule has 9 atom stereocenters. The number of aliphatic hydroxyl groups is 7. The smallest absolute Gasteiger partial charge is 0.244 e. The number of halogens is 2. The number of rotatable bonds is 32. The summed E-state index contributed by atoms with van der Waals surface area (Å²) in [5.74, 6) is 0. The third-order valence-corrected chi connectivity index (χ3v) is 13.0. The SMILES string of the molecule is CCCCCCCCCCCCCC[C@@H](O)[C@@H](O)[C@H](COC1OC(CO)C(O)C(O)C1O)N1N=NN(CCCCCCCCCCC23CC(C(F)F)(C2)C3)C1O. The molecule has 13 nitrogen and oxygen atoms in total. The second kappa shape index (κ2) is 24.1. The molecule has 0 radical (unpaired) electrons. The minimum Gasteiger partial charge on any atom is -0.394 e. The van der Waals surface area contributed by atoms with E-state index >= 15 is 0 Å². The van der Waals surface area contributed by atoms with Gasteiger partial charge < -0.3 is 45.2 Å². The molecular weight excluding hydrogens is 730 g/mol. The highest BCUT2D eigenvalue weighted by atomic mass is 19.3. The molecule has 2 heterocycles. The van der Waals surface area contributed by atoms with Crippen molar-refractivity contribution in [3.8, 4) is 0 Å². The van der Waals surface area contributed by atoms with Crippen LogP contribution in [0.4, 0.5) is 8.78 Å². The van der Waals surface area contributed by atoms with Crippen LogP contribution >= 0.6 is 0 Å². The molecule has 4 fully saturated rings. The van der Waals surface area contributed by atoms with E-state index in [-0.39, 0.29) is 12.0 Å². The maximum atomic E-state index is 13.1. The van der Waals surface area contributed by atoms with Gasteiger partial charge in [-0.05, 0) is 54.4 Å². The number of hydrogen-bond donors (Lipinski definition) is 7. The van der Waals surface area contributed by atoms with E-state index in [1.165, 1.54) is 61.4 Å². The van der Waals surface area contributed by atoms with Crippen molar-refractivity contribution < 1.29 is 54.0 Å². The number of aliphatic hydroxyl groups excluding tert-OH is 7. The molecule has 5 aliphatic rings. The summed E-state index contributed by atoms with van der Waals surface area (Å²) >= 11 is 0. The van der Waals surface area contributed by atoms with Crippen LogP contribution in [0.15, 0.2) is 10.4 Å². The van der Waals surface area contributed by atoms with Gasteiger partial charge in [0.05, 0.1) is 19.3 Å². The summed E-state index contributed by atoms with van der Waals surface area (Å²) in [5.41, 5.74) is -0.405. The largest absolute Gasteiger partial charge is 0.394 e. The fourth-order valence-electron chi connectivity index (χ4n) is 9.49. The Hall–Kier alpha value is -1.30. The molecule has 328 valence electrons. The minimum absolute atomic E-state index is 0.227. The zero-order valence-electron chi connectivity index (χ0n) is 34.1. The number of hydrogen-bond acceptors (Lipinski definition) is 13. The monoisotopic (exact) mass is 807 g/mol. The fraction of sp³-hybridized carbons (Fsp3) is 1.00. The minimum atomic E-state index is -2.16. The predicted octanol–water partition coefficient (Wildman–Crippen LogP) is 6.11. The van der Waals surface area contributed by atoms with E-state index in [2.05, 4.69) is 17.4 Å². The first-order valence-electron chi connectivity index (χ1n) is 22.2. The van der Waals surface area contributed by atoms with Crippen LogP contribution in [0.1, 0.15) is 167 Å². The average Bonchev–Trinajstić information content (AvgIpc) is 3.51. The number of nitrogens with zero attached hydrogens (tertiary/aromatic N) is 4. The van der Waals surface area contributed by atoms with E-state index in [1.807, 2.05) is 0 Å². The molecule has 0 aromatic rings. The van der Waals surface area contributed by atoms with Crippen LogP contribution in [0.25, 0.3) is 0 Å². The van der Waals surface area contributed by atoms with E-state index in [1.54, 1.807) is 0 Å². The third kappa shape index (κ3) is 13.4. The van der Waals surface area contributed by atoms with E-state index in [0.717, 1.165) is 96.3 Å². The Bertz CT molecular complexity index is 1090. The zero-order valence-corrected chi connectivity index (χ0v) is 34.1.